The van der Waals surface area contributed by atoms with Gasteiger partial charge in [0.25, 0.3) is 5.91 Å². The molecule has 4 aromatic rings. The van der Waals surface area contributed by atoms with Gasteiger partial charge >= 0.3 is 0 Å². The first kappa shape index (κ1) is 19.0. The zero-order valence-electron chi connectivity index (χ0n) is 18.0. The number of aryl methyl sites for hydroxylation is 1. The van der Waals surface area contributed by atoms with E-state index in [9.17, 15) is 9.18 Å². The van der Waals surface area contributed by atoms with E-state index < -0.39 is 0 Å². The third-order valence-electron chi connectivity index (χ3n) is 6.94. The number of carbonyl (C=O) groups is 1. The van der Waals surface area contributed by atoms with Crippen molar-refractivity contribution in [2.75, 3.05) is 7.05 Å². The highest BCUT2D eigenvalue weighted by atomic mass is 19.1. The summed E-state index contributed by atoms with van der Waals surface area (Å²) in [7, 11) is 1.89. The van der Waals surface area contributed by atoms with E-state index in [1.54, 1.807) is 12.3 Å². The Morgan fingerprint density at radius 3 is 2.56 bits per heavy atom. The van der Waals surface area contributed by atoms with Gasteiger partial charge in [0.2, 0.25) is 0 Å². The number of aromatic nitrogens is 2. The third kappa shape index (κ3) is 2.67. The lowest BCUT2D eigenvalue weighted by molar-refractivity contribution is 0.0705. The van der Waals surface area contributed by atoms with Crippen LogP contribution < -0.4 is 0 Å². The first-order valence-corrected chi connectivity index (χ1v) is 10.8. The maximum absolute atomic E-state index is 13.9. The van der Waals surface area contributed by atoms with Crippen molar-refractivity contribution in [3.05, 3.63) is 95.8 Å². The van der Waals surface area contributed by atoms with Gasteiger partial charge in [0, 0.05) is 41.8 Å². The Balaban J connectivity index is 1.60. The molecule has 0 radical (unpaired) electrons. The molecule has 1 fully saturated rings. The molecule has 6 rings (SSSR count). The fourth-order valence-electron chi connectivity index (χ4n) is 5.00. The molecule has 0 bridgehead atoms. The Hall–Kier alpha value is -3.73. The quantitative estimate of drug-likeness (QED) is 0.413. The van der Waals surface area contributed by atoms with Crippen LogP contribution in [0.3, 0.4) is 0 Å². The topological polar surface area (TPSA) is 38.1 Å². The van der Waals surface area contributed by atoms with E-state index >= 15 is 0 Å². The molecule has 1 aliphatic carbocycles. The second-order valence-corrected chi connectivity index (χ2v) is 8.76. The molecule has 1 amide bonds. The molecule has 2 aliphatic rings. The summed E-state index contributed by atoms with van der Waals surface area (Å²) in [4.78, 5) is 19.8. The Labute approximate surface area is 186 Å². The van der Waals surface area contributed by atoms with Gasteiger partial charge in [0.05, 0.1) is 11.2 Å². The van der Waals surface area contributed by atoms with Gasteiger partial charge in [-0.1, -0.05) is 30.3 Å². The SMILES string of the molecule is Cc1ncccc1-c1ccc2c(c1)-n1cc(-c3cccc(F)c3)cc1C(=O)N(C)C21CC1. The lowest BCUT2D eigenvalue weighted by atomic mass is 9.96. The van der Waals surface area contributed by atoms with Gasteiger partial charge in [-0.3, -0.25) is 9.78 Å². The Morgan fingerprint density at radius 2 is 1.81 bits per heavy atom. The molecule has 1 spiro atoms. The molecular weight excluding hydrogens is 401 g/mol. The molecule has 32 heavy (non-hydrogen) atoms. The van der Waals surface area contributed by atoms with Crippen molar-refractivity contribution in [3.8, 4) is 27.9 Å². The molecule has 3 heterocycles. The number of benzene rings is 2. The summed E-state index contributed by atoms with van der Waals surface area (Å²) >= 11 is 0. The average molecular weight is 423 g/mol. The highest BCUT2D eigenvalue weighted by Crippen LogP contribution is 2.54. The molecule has 0 saturated heterocycles. The number of halogens is 1. The van der Waals surface area contributed by atoms with Crippen molar-refractivity contribution in [2.45, 2.75) is 25.3 Å². The smallest absolute Gasteiger partial charge is 0.271 e. The van der Waals surface area contributed by atoms with E-state index in [4.69, 9.17) is 0 Å². The van der Waals surface area contributed by atoms with Gasteiger partial charge in [-0.15, -0.1) is 0 Å². The van der Waals surface area contributed by atoms with E-state index in [1.807, 2.05) is 47.8 Å². The van der Waals surface area contributed by atoms with Gasteiger partial charge in [0.15, 0.2) is 0 Å². The van der Waals surface area contributed by atoms with Crippen LogP contribution >= 0.6 is 0 Å². The normalized spacial score (nSPS) is 16.0. The number of rotatable bonds is 2. The fourth-order valence-corrected chi connectivity index (χ4v) is 5.00. The molecule has 5 heteroatoms. The summed E-state index contributed by atoms with van der Waals surface area (Å²) in [5.41, 5.74) is 7.16. The monoisotopic (exact) mass is 423 g/mol. The highest BCUT2D eigenvalue weighted by molar-refractivity contribution is 5.97. The van der Waals surface area contributed by atoms with Crippen LogP contribution in [0, 0.1) is 12.7 Å². The van der Waals surface area contributed by atoms with Crippen LogP contribution in [0.15, 0.2) is 73.1 Å². The van der Waals surface area contributed by atoms with Crippen LogP contribution in [0.25, 0.3) is 27.9 Å². The van der Waals surface area contributed by atoms with Crippen molar-refractivity contribution >= 4 is 5.91 Å². The molecule has 0 atom stereocenters. The Bertz CT molecular complexity index is 1400. The van der Waals surface area contributed by atoms with E-state index in [-0.39, 0.29) is 17.3 Å². The highest BCUT2D eigenvalue weighted by Gasteiger charge is 2.53. The molecule has 0 N–H and O–H groups in total. The number of fused-ring (bicyclic) bond motifs is 4. The predicted molar refractivity (Wildman–Crippen MR) is 122 cm³/mol. The number of pyridine rings is 1. The van der Waals surface area contributed by atoms with Crippen LogP contribution in [0.4, 0.5) is 4.39 Å². The maximum Gasteiger partial charge on any atom is 0.271 e. The molecule has 2 aromatic heterocycles. The minimum Gasteiger partial charge on any atom is -0.331 e. The van der Waals surface area contributed by atoms with Crippen LogP contribution in [0.1, 0.15) is 34.6 Å². The molecule has 2 aromatic carbocycles. The summed E-state index contributed by atoms with van der Waals surface area (Å²) < 4.78 is 15.9. The maximum atomic E-state index is 13.9. The van der Waals surface area contributed by atoms with Gasteiger partial charge in [-0.2, -0.15) is 0 Å². The van der Waals surface area contributed by atoms with Gasteiger partial charge < -0.3 is 9.47 Å². The second kappa shape index (κ2) is 6.63. The number of nitrogens with zero attached hydrogens (tertiary/aromatic N) is 3. The van der Waals surface area contributed by atoms with Crippen LogP contribution in [0.5, 0.6) is 0 Å². The van der Waals surface area contributed by atoms with Crippen LogP contribution in [-0.2, 0) is 5.54 Å². The molecule has 1 aliphatic heterocycles. The summed E-state index contributed by atoms with van der Waals surface area (Å²) in [5, 5.41) is 0. The van der Waals surface area contributed by atoms with Crippen LogP contribution in [0.2, 0.25) is 0 Å². The zero-order valence-corrected chi connectivity index (χ0v) is 18.0. The van der Waals surface area contributed by atoms with E-state index in [0.717, 1.165) is 52.0 Å². The van der Waals surface area contributed by atoms with Crippen molar-refractivity contribution < 1.29 is 9.18 Å². The number of hydrogen-bond donors (Lipinski definition) is 0. The van der Waals surface area contributed by atoms with Crippen molar-refractivity contribution in [1.82, 2.24) is 14.5 Å². The molecular formula is C27H22FN3O. The van der Waals surface area contributed by atoms with Crippen molar-refractivity contribution in [3.63, 3.8) is 0 Å². The zero-order chi connectivity index (χ0) is 22.0. The lowest BCUT2D eigenvalue weighted by Gasteiger charge is -2.27. The number of hydrogen-bond acceptors (Lipinski definition) is 2. The van der Waals surface area contributed by atoms with E-state index in [2.05, 4.69) is 29.2 Å². The average Bonchev–Trinajstić information content (AvgIpc) is 3.50. The summed E-state index contributed by atoms with van der Waals surface area (Å²) in [6.45, 7) is 2.00. The summed E-state index contributed by atoms with van der Waals surface area (Å²) in [5.74, 6) is -0.306. The van der Waals surface area contributed by atoms with Crippen molar-refractivity contribution in [1.29, 1.82) is 0 Å². The minimum atomic E-state index is -0.293. The number of carbonyl (C=O) groups excluding carboxylic acids is 1. The predicted octanol–water partition coefficient (Wildman–Crippen LogP) is 5.73. The molecule has 1 saturated carbocycles. The second-order valence-electron chi connectivity index (χ2n) is 8.76. The lowest BCUT2D eigenvalue weighted by Crippen LogP contribution is -2.36. The largest absolute Gasteiger partial charge is 0.331 e. The fraction of sp³-hybridized carbons (Fsp3) is 0.185. The van der Waals surface area contributed by atoms with Crippen LogP contribution in [-0.4, -0.2) is 27.4 Å². The van der Waals surface area contributed by atoms with Crippen molar-refractivity contribution in [2.24, 2.45) is 0 Å². The first-order valence-electron chi connectivity index (χ1n) is 10.8. The standard InChI is InChI=1S/C27H22FN3O/c1-17-22(7-4-12-29-17)19-8-9-23-24(14-19)31-16-20(18-5-3-6-21(28)13-18)15-25(31)26(32)30(2)27(23)10-11-27/h3-9,12-16H,10-11H2,1-2H3. The summed E-state index contributed by atoms with van der Waals surface area (Å²) in [6.07, 6.45) is 5.66. The molecule has 4 nitrogen and oxygen atoms in total. The van der Waals surface area contributed by atoms with E-state index in [0.29, 0.717) is 5.69 Å². The molecule has 158 valence electrons. The Morgan fingerprint density at radius 1 is 0.969 bits per heavy atom. The number of amides is 1. The van der Waals surface area contributed by atoms with Gasteiger partial charge in [-0.25, -0.2) is 4.39 Å². The molecule has 0 unspecified atom stereocenters. The first-order chi connectivity index (χ1) is 15.5. The minimum absolute atomic E-state index is 0.0135. The van der Waals surface area contributed by atoms with Gasteiger partial charge in [0.1, 0.15) is 11.5 Å². The Kier molecular flexibility index (Phi) is 3.94. The van der Waals surface area contributed by atoms with E-state index in [1.165, 1.54) is 12.1 Å². The summed E-state index contributed by atoms with van der Waals surface area (Å²) in [6, 6.07) is 18.8. The van der Waals surface area contributed by atoms with Gasteiger partial charge in [-0.05, 0) is 61.2 Å². The third-order valence-corrected chi connectivity index (χ3v) is 6.94.